The Labute approximate surface area is 172 Å². The van der Waals surface area contributed by atoms with E-state index >= 15 is 0 Å². The van der Waals surface area contributed by atoms with Crippen LogP contribution in [0.2, 0.25) is 5.02 Å². The standard InChI is InChI=1S/C23H19ClFN3O/c24-16-5-6-22-19(11-16)20(14-27-22)18(17-3-1-2-4-21(17)25)12-23(29)28-13-15-7-9-26-10-8-15/h1-11,14,18,27H,12-13H2,(H,28,29)/t18-/m1/s1. The molecule has 0 bridgehead atoms. The van der Waals surface area contributed by atoms with Crippen LogP contribution in [0.3, 0.4) is 0 Å². The molecule has 0 aliphatic rings. The monoisotopic (exact) mass is 407 g/mol. The molecule has 4 nitrogen and oxygen atoms in total. The van der Waals surface area contributed by atoms with E-state index in [0.29, 0.717) is 17.1 Å². The van der Waals surface area contributed by atoms with Gasteiger partial charge in [0.05, 0.1) is 0 Å². The van der Waals surface area contributed by atoms with Crippen LogP contribution in [0.1, 0.15) is 29.0 Å². The normalized spacial score (nSPS) is 12.1. The minimum atomic E-state index is -0.444. The molecule has 146 valence electrons. The van der Waals surface area contributed by atoms with Crippen molar-refractivity contribution in [2.75, 3.05) is 0 Å². The van der Waals surface area contributed by atoms with Crippen molar-refractivity contribution in [3.8, 4) is 0 Å². The summed E-state index contributed by atoms with van der Waals surface area (Å²) < 4.78 is 14.6. The summed E-state index contributed by atoms with van der Waals surface area (Å²) in [5.41, 5.74) is 3.16. The fourth-order valence-electron chi connectivity index (χ4n) is 3.51. The number of fused-ring (bicyclic) bond motifs is 1. The first-order valence-electron chi connectivity index (χ1n) is 9.28. The lowest BCUT2D eigenvalue weighted by Gasteiger charge is -2.18. The molecule has 4 aromatic rings. The van der Waals surface area contributed by atoms with E-state index in [1.807, 2.05) is 30.5 Å². The quantitative estimate of drug-likeness (QED) is 0.462. The lowest BCUT2D eigenvalue weighted by molar-refractivity contribution is -0.121. The Hall–Kier alpha value is -3.18. The highest BCUT2D eigenvalue weighted by Crippen LogP contribution is 2.35. The molecular formula is C23H19ClFN3O. The third kappa shape index (κ3) is 4.30. The molecule has 2 aromatic carbocycles. The summed E-state index contributed by atoms with van der Waals surface area (Å²) in [7, 11) is 0. The summed E-state index contributed by atoms with van der Waals surface area (Å²) in [5.74, 6) is -0.942. The maximum absolute atomic E-state index is 14.6. The van der Waals surface area contributed by atoms with Crippen molar-refractivity contribution in [3.63, 3.8) is 0 Å². The molecule has 0 aliphatic heterocycles. The van der Waals surface area contributed by atoms with Gasteiger partial charge in [-0.2, -0.15) is 0 Å². The highest BCUT2D eigenvalue weighted by molar-refractivity contribution is 6.31. The van der Waals surface area contributed by atoms with Crippen molar-refractivity contribution < 1.29 is 9.18 Å². The van der Waals surface area contributed by atoms with Gasteiger partial charge in [0.15, 0.2) is 0 Å². The second-order valence-electron chi connectivity index (χ2n) is 6.84. The number of amides is 1. The molecule has 2 heterocycles. The van der Waals surface area contributed by atoms with E-state index in [2.05, 4.69) is 15.3 Å². The van der Waals surface area contributed by atoms with Crippen LogP contribution in [-0.2, 0) is 11.3 Å². The van der Waals surface area contributed by atoms with Gasteiger partial charge in [-0.3, -0.25) is 9.78 Å². The predicted molar refractivity (Wildman–Crippen MR) is 112 cm³/mol. The van der Waals surface area contributed by atoms with Gasteiger partial charge < -0.3 is 10.3 Å². The number of pyridine rings is 1. The van der Waals surface area contributed by atoms with Gasteiger partial charge in [-0.25, -0.2) is 4.39 Å². The van der Waals surface area contributed by atoms with Gasteiger partial charge in [0.25, 0.3) is 0 Å². The van der Waals surface area contributed by atoms with E-state index < -0.39 is 5.92 Å². The third-order valence-corrected chi connectivity index (χ3v) is 5.20. The molecule has 1 amide bonds. The van der Waals surface area contributed by atoms with Crippen molar-refractivity contribution in [1.82, 2.24) is 15.3 Å². The maximum Gasteiger partial charge on any atom is 0.221 e. The number of halogens is 2. The zero-order valence-electron chi connectivity index (χ0n) is 15.5. The van der Waals surface area contributed by atoms with Gasteiger partial charge in [0.2, 0.25) is 5.91 Å². The molecule has 0 spiro atoms. The first kappa shape index (κ1) is 19.2. The predicted octanol–water partition coefficient (Wildman–Crippen LogP) is 5.19. The zero-order chi connectivity index (χ0) is 20.2. The fourth-order valence-corrected chi connectivity index (χ4v) is 3.68. The van der Waals surface area contributed by atoms with Gasteiger partial charge in [-0.1, -0.05) is 29.8 Å². The van der Waals surface area contributed by atoms with E-state index in [1.54, 1.807) is 36.7 Å². The van der Waals surface area contributed by atoms with Crippen molar-refractivity contribution in [2.24, 2.45) is 0 Å². The van der Waals surface area contributed by atoms with Crippen LogP contribution in [0.15, 0.2) is 73.2 Å². The Morgan fingerprint density at radius 1 is 1.10 bits per heavy atom. The maximum atomic E-state index is 14.6. The minimum Gasteiger partial charge on any atom is -0.361 e. The number of rotatable bonds is 6. The molecule has 2 aromatic heterocycles. The van der Waals surface area contributed by atoms with Gasteiger partial charge in [0, 0.05) is 53.4 Å². The van der Waals surface area contributed by atoms with Crippen LogP contribution in [-0.4, -0.2) is 15.9 Å². The van der Waals surface area contributed by atoms with E-state index in [1.165, 1.54) is 6.07 Å². The van der Waals surface area contributed by atoms with Gasteiger partial charge >= 0.3 is 0 Å². The minimum absolute atomic E-state index is 0.117. The largest absolute Gasteiger partial charge is 0.361 e. The summed E-state index contributed by atoms with van der Waals surface area (Å²) >= 11 is 6.18. The number of hydrogen-bond donors (Lipinski definition) is 2. The Balaban J connectivity index is 1.65. The highest BCUT2D eigenvalue weighted by Gasteiger charge is 2.24. The molecule has 0 fully saturated rings. The summed E-state index contributed by atoms with van der Waals surface area (Å²) in [4.78, 5) is 19.9. The second-order valence-corrected chi connectivity index (χ2v) is 7.28. The number of benzene rings is 2. The molecule has 4 rings (SSSR count). The molecule has 0 aliphatic carbocycles. The summed E-state index contributed by atoms with van der Waals surface area (Å²) in [6, 6.07) is 15.8. The van der Waals surface area contributed by atoms with Crippen LogP contribution in [0.4, 0.5) is 4.39 Å². The van der Waals surface area contributed by atoms with Crippen LogP contribution in [0.5, 0.6) is 0 Å². The lowest BCUT2D eigenvalue weighted by atomic mass is 9.87. The van der Waals surface area contributed by atoms with E-state index in [4.69, 9.17) is 11.6 Å². The average molecular weight is 408 g/mol. The number of carbonyl (C=O) groups is 1. The first-order chi connectivity index (χ1) is 14.1. The Bertz CT molecular complexity index is 1140. The Kier molecular flexibility index (Phi) is 5.58. The van der Waals surface area contributed by atoms with Crippen molar-refractivity contribution in [3.05, 3.63) is 101 Å². The number of aromatic amines is 1. The number of aromatic nitrogens is 2. The fraction of sp³-hybridized carbons (Fsp3) is 0.130. The summed E-state index contributed by atoms with van der Waals surface area (Å²) in [6.45, 7) is 0.394. The molecule has 1 atom stereocenters. The SMILES string of the molecule is O=C(C[C@H](c1ccccc1F)c1c[nH]c2ccc(Cl)cc12)NCc1ccncc1. The van der Waals surface area contributed by atoms with Gasteiger partial charge in [0.1, 0.15) is 5.82 Å². The summed E-state index contributed by atoms with van der Waals surface area (Å²) in [6.07, 6.45) is 5.30. The smallest absolute Gasteiger partial charge is 0.221 e. The average Bonchev–Trinajstić information content (AvgIpc) is 3.15. The molecule has 6 heteroatoms. The number of carbonyl (C=O) groups excluding carboxylic acids is 1. The van der Waals surface area contributed by atoms with Crippen LogP contribution in [0, 0.1) is 5.82 Å². The molecule has 29 heavy (non-hydrogen) atoms. The van der Waals surface area contributed by atoms with E-state index in [0.717, 1.165) is 22.0 Å². The van der Waals surface area contributed by atoms with Crippen LogP contribution < -0.4 is 5.32 Å². The number of H-pyrrole nitrogens is 1. The summed E-state index contributed by atoms with van der Waals surface area (Å²) in [5, 5.41) is 4.39. The molecular weight excluding hydrogens is 389 g/mol. The van der Waals surface area contributed by atoms with Gasteiger partial charge in [-0.05, 0) is 53.1 Å². The number of nitrogens with zero attached hydrogens (tertiary/aromatic N) is 1. The first-order valence-corrected chi connectivity index (χ1v) is 9.66. The second kappa shape index (κ2) is 8.45. The van der Waals surface area contributed by atoms with Gasteiger partial charge in [-0.15, -0.1) is 0 Å². The van der Waals surface area contributed by atoms with E-state index in [9.17, 15) is 9.18 Å². The third-order valence-electron chi connectivity index (χ3n) is 4.96. The van der Waals surface area contributed by atoms with Crippen molar-refractivity contribution in [2.45, 2.75) is 18.9 Å². The van der Waals surface area contributed by atoms with E-state index in [-0.39, 0.29) is 18.1 Å². The number of nitrogens with one attached hydrogen (secondary N) is 2. The molecule has 0 radical (unpaired) electrons. The van der Waals surface area contributed by atoms with Crippen LogP contribution in [0.25, 0.3) is 10.9 Å². The Morgan fingerprint density at radius 2 is 1.90 bits per heavy atom. The molecule has 0 saturated heterocycles. The lowest BCUT2D eigenvalue weighted by Crippen LogP contribution is -2.25. The Morgan fingerprint density at radius 3 is 2.69 bits per heavy atom. The number of hydrogen-bond acceptors (Lipinski definition) is 2. The highest BCUT2D eigenvalue weighted by atomic mass is 35.5. The molecule has 2 N–H and O–H groups in total. The van der Waals surface area contributed by atoms with Crippen LogP contribution >= 0.6 is 11.6 Å². The zero-order valence-corrected chi connectivity index (χ0v) is 16.3. The topological polar surface area (TPSA) is 57.8 Å². The van der Waals surface area contributed by atoms with Crippen molar-refractivity contribution >= 4 is 28.4 Å². The molecule has 0 saturated carbocycles. The van der Waals surface area contributed by atoms with Crippen molar-refractivity contribution in [1.29, 1.82) is 0 Å². The molecule has 0 unspecified atom stereocenters.